The van der Waals surface area contributed by atoms with Gasteiger partial charge in [0.2, 0.25) is 0 Å². The summed E-state index contributed by atoms with van der Waals surface area (Å²) in [7, 11) is 1.57. The Bertz CT molecular complexity index is 611. The Morgan fingerprint density at radius 3 is 2.71 bits per heavy atom. The zero-order valence-corrected chi connectivity index (χ0v) is 11.2. The molecule has 8 heteroatoms. The maximum atomic E-state index is 12.3. The van der Waals surface area contributed by atoms with Crippen LogP contribution in [0.4, 0.5) is 18.9 Å². The first-order valence-electron chi connectivity index (χ1n) is 6.06. The number of anilines is 1. The maximum Gasteiger partial charge on any atom is 0.573 e. The monoisotopic (exact) mass is 301 g/mol. The van der Waals surface area contributed by atoms with Gasteiger partial charge in [-0.25, -0.2) is 0 Å². The molecule has 0 bridgehead atoms. The molecular weight excluding hydrogens is 287 g/mol. The molecule has 0 unspecified atom stereocenters. The number of halogens is 3. The van der Waals surface area contributed by atoms with Crippen LogP contribution in [0.25, 0.3) is 11.1 Å². The molecule has 0 saturated heterocycles. The van der Waals surface area contributed by atoms with Crippen LogP contribution in [0.2, 0.25) is 0 Å². The Labute approximate surface area is 119 Å². The number of methoxy groups -OCH3 is 1. The van der Waals surface area contributed by atoms with Gasteiger partial charge < -0.3 is 15.2 Å². The summed E-state index contributed by atoms with van der Waals surface area (Å²) in [6.07, 6.45) is -1.52. The Morgan fingerprint density at radius 2 is 2.05 bits per heavy atom. The molecule has 0 radical (unpaired) electrons. The minimum absolute atomic E-state index is 0.0807. The molecule has 2 rings (SSSR count). The Morgan fingerprint density at radius 1 is 1.29 bits per heavy atom. The average Bonchev–Trinajstić information content (AvgIpc) is 2.86. The Balaban J connectivity index is 2.24. The topological polar surface area (TPSA) is 62.3 Å². The normalized spacial score (nSPS) is 11.6. The fourth-order valence-electron chi connectivity index (χ4n) is 1.75. The third-order valence-corrected chi connectivity index (χ3v) is 2.73. The maximum absolute atomic E-state index is 12.3. The van der Waals surface area contributed by atoms with Gasteiger partial charge in [-0.15, -0.1) is 13.2 Å². The molecule has 0 spiro atoms. The van der Waals surface area contributed by atoms with Crippen LogP contribution in [0.3, 0.4) is 0 Å². The summed E-state index contributed by atoms with van der Waals surface area (Å²) in [5.41, 5.74) is 6.60. The van der Waals surface area contributed by atoms with Gasteiger partial charge in [0.15, 0.2) is 5.75 Å². The number of benzene rings is 1. The van der Waals surface area contributed by atoms with E-state index in [1.165, 1.54) is 12.1 Å². The second-order valence-electron chi connectivity index (χ2n) is 4.29. The first-order chi connectivity index (χ1) is 9.89. The summed E-state index contributed by atoms with van der Waals surface area (Å²) in [5.74, 6) is -0.426. The van der Waals surface area contributed by atoms with Crippen LogP contribution < -0.4 is 10.5 Å². The largest absolute Gasteiger partial charge is 0.573 e. The lowest BCUT2D eigenvalue weighted by atomic mass is 10.1. The summed E-state index contributed by atoms with van der Waals surface area (Å²) >= 11 is 0. The molecule has 1 heterocycles. The SMILES string of the molecule is COCCn1cc(-c2ccc(N)c(OC(F)(F)F)c2)cn1. The standard InChI is InChI=1S/C13H14F3N3O2/c1-20-5-4-19-8-10(7-18-19)9-2-3-11(17)12(6-9)21-13(14,15)16/h2-3,6-8H,4-5,17H2,1H3. The number of alkyl halides is 3. The van der Waals surface area contributed by atoms with Crippen LogP contribution >= 0.6 is 0 Å². The number of rotatable bonds is 5. The molecule has 2 aromatic rings. The van der Waals surface area contributed by atoms with Gasteiger partial charge in [0, 0.05) is 18.9 Å². The fourth-order valence-corrected chi connectivity index (χ4v) is 1.75. The molecule has 2 N–H and O–H groups in total. The zero-order chi connectivity index (χ0) is 15.5. The van der Waals surface area contributed by atoms with Gasteiger partial charge in [-0.05, 0) is 17.7 Å². The first kappa shape index (κ1) is 15.2. The summed E-state index contributed by atoms with van der Waals surface area (Å²) < 4.78 is 47.3. The summed E-state index contributed by atoms with van der Waals surface area (Å²) in [4.78, 5) is 0. The van der Waals surface area contributed by atoms with E-state index < -0.39 is 12.1 Å². The van der Waals surface area contributed by atoms with Crippen LogP contribution in [-0.2, 0) is 11.3 Å². The molecule has 0 aliphatic heterocycles. The van der Waals surface area contributed by atoms with Gasteiger partial charge in [-0.3, -0.25) is 4.68 Å². The van der Waals surface area contributed by atoms with Gasteiger partial charge in [-0.2, -0.15) is 5.10 Å². The molecule has 0 aliphatic rings. The van der Waals surface area contributed by atoms with Crippen molar-refractivity contribution >= 4 is 5.69 Å². The molecule has 1 aromatic carbocycles. The minimum Gasteiger partial charge on any atom is -0.404 e. The third-order valence-electron chi connectivity index (χ3n) is 2.73. The molecule has 21 heavy (non-hydrogen) atoms. The number of ether oxygens (including phenoxy) is 2. The van der Waals surface area contributed by atoms with E-state index in [1.54, 1.807) is 30.3 Å². The number of aromatic nitrogens is 2. The highest BCUT2D eigenvalue weighted by molar-refractivity contribution is 5.68. The summed E-state index contributed by atoms with van der Waals surface area (Å²) in [6.45, 7) is 1.04. The minimum atomic E-state index is -4.78. The highest BCUT2D eigenvalue weighted by Gasteiger charge is 2.32. The molecule has 114 valence electrons. The Hall–Kier alpha value is -2.22. The summed E-state index contributed by atoms with van der Waals surface area (Å²) in [5, 5.41) is 4.10. The van der Waals surface area contributed by atoms with E-state index in [0.717, 1.165) is 0 Å². The zero-order valence-electron chi connectivity index (χ0n) is 11.2. The van der Waals surface area contributed by atoms with Crippen molar-refractivity contribution in [1.82, 2.24) is 9.78 Å². The van der Waals surface area contributed by atoms with Crippen molar-refractivity contribution in [3.63, 3.8) is 0 Å². The van der Waals surface area contributed by atoms with Gasteiger partial charge in [0.25, 0.3) is 0 Å². The Kier molecular flexibility index (Phi) is 4.37. The highest BCUT2D eigenvalue weighted by Crippen LogP contribution is 2.32. The van der Waals surface area contributed by atoms with Crippen LogP contribution in [-0.4, -0.2) is 29.9 Å². The number of hydrogen-bond donors (Lipinski definition) is 1. The predicted molar refractivity (Wildman–Crippen MR) is 70.6 cm³/mol. The number of nitrogens with zero attached hydrogens (tertiary/aromatic N) is 2. The van der Waals surface area contributed by atoms with E-state index in [4.69, 9.17) is 10.5 Å². The van der Waals surface area contributed by atoms with Crippen molar-refractivity contribution in [2.75, 3.05) is 19.5 Å². The number of hydrogen-bond acceptors (Lipinski definition) is 4. The van der Waals surface area contributed by atoms with E-state index in [0.29, 0.717) is 24.3 Å². The molecule has 0 saturated carbocycles. The van der Waals surface area contributed by atoms with Crippen molar-refractivity contribution in [3.05, 3.63) is 30.6 Å². The van der Waals surface area contributed by atoms with Crippen molar-refractivity contribution in [2.45, 2.75) is 12.9 Å². The molecule has 0 amide bonds. The molecule has 1 aromatic heterocycles. The molecule has 0 aliphatic carbocycles. The van der Waals surface area contributed by atoms with Crippen LogP contribution in [0.1, 0.15) is 0 Å². The molecular formula is C13H14F3N3O2. The van der Waals surface area contributed by atoms with Crippen LogP contribution in [0.5, 0.6) is 5.75 Å². The molecule has 0 fully saturated rings. The van der Waals surface area contributed by atoms with Gasteiger partial charge in [0.05, 0.1) is 25.0 Å². The van der Waals surface area contributed by atoms with Crippen molar-refractivity contribution in [3.8, 4) is 16.9 Å². The molecule has 0 atom stereocenters. The number of nitrogens with two attached hydrogens (primary N) is 1. The lowest BCUT2D eigenvalue weighted by molar-refractivity contribution is -0.274. The van der Waals surface area contributed by atoms with Gasteiger partial charge in [-0.1, -0.05) is 6.07 Å². The van der Waals surface area contributed by atoms with E-state index >= 15 is 0 Å². The average molecular weight is 301 g/mol. The fraction of sp³-hybridized carbons (Fsp3) is 0.308. The van der Waals surface area contributed by atoms with E-state index in [1.807, 2.05) is 0 Å². The quantitative estimate of drug-likeness (QED) is 0.862. The second kappa shape index (κ2) is 6.04. The van der Waals surface area contributed by atoms with E-state index in [9.17, 15) is 13.2 Å². The lowest BCUT2D eigenvalue weighted by Crippen LogP contribution is -2.18. The molecule has 5 nitrogen and oxygen atoms in total. The second-order valence-corrected chi connectivity index (χ2v) is 4.29. The van der Waals surface area contributed by atoms with Gasteiger partial charge in [0.1, 0.15) is 0 Å². The van der Waals surface area contributed by atoms with E-state index in [-0.39, 0.29) is 5.69 Å². The van der Waals surface area contributed by atoms with Crippen LogP contribution in [0.15, 0.2) is 30.6 Å². The predicted octanol–water partition coefficient (Wildman–Crippen LogP) is 2.68. The third kappa shape index (κ3) is 4.12. The smallest absolute Gasteiger partial charge is 0.404 e. The van der Waals surface area contributed by atoms with Crippen LogP contribution in [0, 0.1) is 0 Å². The number of nitrogen functional groups attached to an aromatic ring is 1. The lowest BCUT2D eigenvalue weighted by Gasteiger charge is -2.12. The van der Waals surface area contributed by atoms with E-state index in [2.05, 4.69) is 9.84 Å². The van der Waals surface area contributed by atoms with Crippen molar-refractivity contribution in [1.29, 1.82) is 0 Å². The summed E-state index contributed by atoms with van der Waals surface area (Å²) in [6, 6.07) is 4.21. The van der Waals surface area contributed by atoms with Crippen molar-refractivity contribution < 1.29 is 22.6 Å². The first-order valence-corrected chi connectivity index (χ1v) is 6.06. The van der Waals surface area contributed by atoms with Crippen molar-refractivity contribution in [2.24, 2.45) is 0 Å². The highest BCUT2D eigenvalue weighted by atomic mass is 19.4. The van der Waals surface area contributed by atoms with Gasteiger partial charge >= 0.3 is 6.36 Å².